The van der Waals surface area contributed by atoms with Gasteiger partial charge in [-0.25, -0.2) is 13.4 Å². The van der Waals surface area contributed by atoms with Crippen molar-refractivity contribution in [2.24, 2.45) is 0 Å². The Labute approximate surface area is 172 Å². The van der Waals surface area contributed by atoms with Gasteiger partial charge < -0.3 is 14.5 Å². The van der Waals surface area contributed by atoms with Crippen molar-refractivity contribution in [3.05, 3.63) is 53.7 Å². The summed E-state index contributed by atoms with van der Waals surface area (Å²) in [4.78, 5) is 9.04. The molecule has 0 radical (unpaired) electrons. The number of likely N-dealkylation sites (N-methyl/N-ethyl adjacent to an activating group) is 1. The van der Waals surface area contributed by atoms with Crippen LogP contribution in [0, 0.1) is 6.92 Å². The Morgan fingerprint density at radius 3 is 2.48 bits per heavy atom. The van der Waals surface area contributed by atoms with Crippen LogP contribution in [-0.2, 0) is 14.8 Å². The molecule has 1 aromatic carbocycles. The Morgan fingerprint density at radius 1 is 1.03 bits per heavy atom. The summed E-state index contributed by atoms with van der Waals surface area (Å²) in [5.74, 6) is 0.782. The molecule has 8 heteroatoms. The van der Waals surface area contributed by atoms with Gasteiger partial charge in [0.1, 0.15) is 16.8 Å². The molecule has 1 unspecified atom stereocenters. The lowest BCUT2D eigenvalue weighted by Gasteiger charge is -2.34. The molecule has 2 aliphatic heterocycles. The van der Waals surface area contributed by atoms with Crippen LogP contribution < -0.4 is 4.90 Å². The highest BCUT2D eigenvalue weighted by Crippen LogP contribution is 2.28. The van der Waals surface area contributed by atoms with Crippen LogP contribution in [-0.4, -0.2) is 75.5 Å². The number of ether oxygens (including phenoxy) is 1. The maximum Gasteiger partial charge on any atom is 0.244 e. The maximum atomic E-state index is 12.9. The summed E-state index contributed by atoms with van der Waals surface area (Å²) in [6.45, 7) is 6.67. The highest BCUT2D eigenvalue weighted by molar-refractivity contribution is 7.89. The zero-order valence-corrected chi connectivity index (χ0v) is 17.8. The Bertz CT molecular complexity index is 941. The van der Waals surface area contributed by atoms with Gasteiger partial charge in [-0.05, 0) is 37.2 Å². The molecule has 0 amide bonds. The van der Waals surface area contributed by atoms with E-state index in [0.717, 1.165) is 25.5 Å². The number of pyridine rings is 1. The Kier molecular flexibility index (Phi) is 5.87. The van der Waals surface area contributed by atoms with E-state index in [-0.39, 0.29) is 11.0 Å². The quantitative estimate of drug-likeness (QED) is 0.759. The fourth-order valence-electron chi connectivity index (χ4n) is 3.88. The number of hydrogen-bond acceptors (Lipinski definition) is 6. The maximum absolute atomic E-state index is 12.9. The molecule has 2 aromatic rings. The van der Waals surface area contributed by atoms with Crippen molar-refractivity contribution < 1.29 is 13.2 Å². The number of rotatable bonds is 4. The van der Waals surface area contributed by atoms with Crippen LogP contribution >= 0.6 is 0 Å². The van der Waals surface area contributed by atoms with Gasteiger partial charge in [0.2, 0.25) is 10.0 Å². The molecular weight excluding hydrogens is 388 g/mol. The molecule has 156 valence electrons. The molecule has 0 bridgehead atoms. The van der Waals surface area contributed by atoms with E-state index in [1.54, 1.807) is 10.4 Å². The summed E-state index contributed by atoms with van der Waals surface area (Å²) in [6.07, 6.45) is 1.47. The molecule has 3 heterocycles. The lowest BCUT2D eigenvalue weighted by molar-refractivity contribution is 0.0391. The number of anilines is 1. The molecule has 2 aliphatic rings. The van der Waals surface area contributed by atoms with Gasteiger partial charge in [0.15, 0.2) is 0 Å². The number of nitrogens with zero attached hydrogens (tertiary/aromatic N) is 4. The molecule has 0 aliphatic carbocycles. The summed E-state index contributed by atoms with van der Waals surface area (Å²) in [5.41, 5.74) is 2.40. The summed E-state index contributed by atoms with van der Waals surface area (Å²) in [7, 11) is -1.48. The average molecular weight is 417 g/mol. The summed E-state index contributed by atoms with van der Waals surface area (Å²) < 4.78 is 33.3. The van der Waals surface area contributed by atoms with Crippen LogP contribution in [0.1, 0.15) is 17.2 Å². The third-order valence-electron chi connectivity index (χ3n) is 5.75. The number of aryl methyl sites for hydroxylation is 1. The van der Waals surface area contributed by atoms with Gasteiger partial charge >= 0.3 is 0 Å². The highest BCUT2D eigenvalue weighted by atomic mass is 32.2. The van der Waals surface area contributed by atoms with Gasteiger partial charge in [-0.2, -0.15) is 4.31 Å². The molecule has 7 nitrogen and oxygen atoms in total. The van der Waals surface area contributed by atoms with Gasteiger partial charge in [0, 0.05) is 45.5 Å². The van der Waals surface area contributed by atoms with Crippen molar-refractivity contribution in [1.29, 1.82) is 0 Å². The topological polar surface area (TPSA) is 66.0 Å². The van der Waals surface area contributed by atoms with Crippen LogP contribution in [0.5, 0.6) is 0 Å². The Balaban J connectivity index is 1.48. The van der Waals surface area contributed by atoms with E-state index < -0.39 is 10.0 Å². The second-order valence-electron chi connectivity index (χ2n) is 7.72. The number of aromatic nitrogens is 1. The standard InChI is InChI=1S/C21H28N4O3S/c1-17-5-3-4-6-19(17)20-16-24(13-14-28-20)21-8-7-18(15-22-21)29(26,27)25-11-9-23(2)10-12-25/h3-8,15,20H,9-14,16H2,1-2H3. The summed E-state index contributed by atoms with van der Waals surface area (Å²) in [5, 5.41) is 0. The molecule has 29 heavy (non-hydrogen) atoms. The Morgan fingerprint density at radius 2 is 1.79 bits per heavy atom. The number of sulfonamides is 1. The van der Waals surface area contributed by atoms with E-state index in [1.165, 1.54) is 17.3 Å². The second-order valence-corrected chi connectivity index (χ2v) is 9.66. The minimum Gasteiger partial charge on any atom is -0.370 e. The van der Waals surface area contributed by atoms with Gasteiger partial charge in [-0.15, -0.1) is 0 Å². The first kappa shape index (κ1) is 20.3. The smallest absolute Gasteiger partial charge is 0.244 e. The van der Waals surface area contributed by atoms with Crippen LogP contribution in [0.3, 0.4) is 0 Å². The Hall–Kier alpha value is -2.00. The van der Waals surface area contributed by atoms with Crippen LogP contribution in [0.15, 0.2) is 47.5 Å². The van der Waals surface area contributed by atoms with Crippen LogP contribution in [0.25, 0.3) is 0 Å². The first-order valence-corrected chi connectivity index (χ1v) is 11.5. The summed E-state index contributed by atoms with van der Waals surface area (Å²) >= 11 is 0. The fourth-order valence-corrected chi connectivity index (χ4v) is 5.25. The minimum atomic E-state index is -3.49. The summed E-state index contributed by atoms with van der Waals surface area (Å²) in [6, 6.07) is 11.7. The monoisotopic (exact) mass is 416 g/mol. The van der Waals surface area contributed by atoms with Crippen molar-refractivity contribution in [2.45, 2.75) is 17.9 Å². The number of morpholine rings is 1. The van der Waals surface area contributed by atoms with E-state index in [0.29, 0.717) is 26.2 Å². The molecule has 0 saturated carbocycles. The van der Waals surface area contributed by atoms with Crippen LogP contribution in [0.2, 0.25) is 0 Å². The first-order chi connectivity index (χ1) is 13.9. The van der Waals surface area contributed by atoms with Gasteiger partial charge in [0.25, 0.3) is 0 Å². The van der Waals surface area contributed by atoms with E-state index in [4.69, 9.17) is 4.74 Å². The zero-order chi connectivity index (χ0) is 20.4. The fraction of sp³-hybridized carbons (Fsp3) is 0.476. The molecule has 1 atom stereocenters. The molecule has 2 saturated heterocycles. The molecular formula is C21H28N4O3S. The highest BCUT2D eigenvalue weighted by Gasteiger charge is 2.28. The lowest BCUT2D eigenvalue weighted by Crippen LogP contribution is -2.47. The minimum absolute atomic E-state index is 0.0134. The van der Waals surface area contributed by atoms with Crippen molar-refractivity contribution in [3.8, 4) is 0 Å². The second kappa shape index (κ2) is 8.39. The van der Waals surface area contributed by atoms with Crippen molar-refractivity contribution >= 4 is 15.8 Å². The lowest BCUT2D eigenvalue weighted by atomic mass is 10.0. The number of piperazine rings is 1. The third-order valence-corrected chi connectivity index (χ3v) is 7.63. The van der Waals surface area contributed by atoms with Gasteiger partial charge in [-0.3, -0.25) is 0 Å². The molecule has 0 spiro atoms. The predicted octanol–water partition coefficient (Wildman–Crippen LogP) is 1.90. The van der Waals surface area contributed by atoms with E-state index in [2.05, 4.69) is 33.8 Å². The largest absolute Gasteiger partial charge is 0.370 e. The average Bonchev–Trinajstić information content (AvgIpc) is 2.75. The van der Waals surface area contributed by atoms with Crippen molar-refractivity contribution in [3.63, 3.8) is 0 Å². The molecule has 2 fully saturated rings. The third kappa shape index (κ3) is 4.30. The molecule has 1 aromatic heterocycles. The first-order valence-electron chi connectivity index (χ1n) is 10.0. The van der Waals surface area contributed by atoms with Crippen LogP contribution in [0.4, 0.5) is 5.82 Å². The van der Waals surface area contributed by atoms with E-state index in [1.807, 2.05) is 25.2 Å². The molecule has 4 rings (SSSR count). The predicted molar refractivity (Wildman–Crippen MR) is 113 cm³/mol. The number of benzene rings is 1. The van der Waals surface area contributed by atoms with E-state index >= 15 is 0 Å². The molecule has 0 N–H and O–H groups in total. The zero-order valence-electron chi connectivity index (χ0n) is 17.0. The van der Waals surface area contributed by atoms with Gasteiger partial charge in [0.05, 0.1) is 6.61 Å². The number of hydrogen-bond donors (Lipinski definition) is 0. The normalized spacial score (nSPS) is 22.0. The van der Waals surface area contributed by atoms with Crippen molar-refractivity contribution in [2.75, 3.05) is 57.8 Å². The van der Waals surface area contributed by atoms with Crippen molar-refractivity contribution in [1.82, 2.24) is 14.2 Å². The van der Waals surface area contributed by atoms with E-state index in [9.17, 15) is 8.42 Å². The SMILES string of the molecule is Cc1ccccc1C1CN(c2ccc(S(=O)(=O)N3CCN(C)CC3)cn2)CCO1. The van der Waals surface area contributed by atoms with Gasteiger partial charge in [-0.1, -0.05) is 24.3 Å².